The van der Waals surface area contributed by atoms with Crippen LogP contribution >= 0.6 is 34.5 Å². The average molecular weight is 407 g/mol. The van der Waals surface area contributed by atoms with Crippen molar-refractivity contribution in [3.63, 3.8) is 0 Å². The molecule has 2 heterocycles. The van der Waals surface area contributed by atoms with Crippen molar-refractivity contribution in [1.82, 2.24) is 15.3 Å². The molecule has 5 nitrogen and oxygen atoms in total. The van der Waals surface area contributed by atoms with Crippen LogP contribution in [0.2, 0.25) is 10.0 Å². The van der Waals surface area contributed by atoms with Crippen LogP contribution in [0.3, 0.4) is 0 Å². The lowest BCUT2D eigenvalue weighted by Gasteiger charge is -2.08. The van der Waals surface area contributed by atoms with Gasteiger partial charge >= 0.3 is 0 Å². The summed E-state index contributed by atoms with van der Waals surface area (Å²) < 4.78 is 0. The Balaban J connectivity index is 1.56. The fourth-order valence-corrected chi connectivity index (χ4v) is 3.73. The number of thiazole rings is 1. The molecule has 2 aromatic heterocycles. The van der Waals surface area contributed by atoms with Crippen molar-refractivity contribution >= 4 is 46.3 Å². The molecule has 0 fully saturated rings. The molecule has 3 rings (SSSR count). The van der Waals surface area contributed by atoms with Gasteiger partial charge in [0, 0.05) is 24.8 Å². The smallest absolute Gasteiger partial charge is 0.263 e. The summed E-state index contributed by atoms with van der Waals surface area (Å²) in [5.41, 5.74) is 1.73. The number of aryl methyl sites for hydroxylation is 1. The van der Waals surface area contributed by atoms with E-state index in [2.05, 4.69) is 20.6 Å². The van der Waals surface area contributed by atoms with Gasteiger partial charge in [0.1, 0.15) is 15.7 Å². The second-order valence-electron chi connectivity index (χ2n) is 5.47. The van der Waals surface area contributed by atoms with Crippen LogP contribution in [-0.2, 0) is 0 Å². The molecule has 0 bridgehead atoms. The molecule has 0 aliphatic carbocycles. The van der Waals surface area contributed by atoms with Gasteiger partial charge in [-0.1, -0.05) is 53.5 Å². The zero-order chi connectivity index (χ0) is 18.5. The number of carbonyl (C=O) groups is 1. The van der Waals surface area contributed by atoms with Crippen molar-refractivity contribution in [2.75, 3.05) is 18.4 Å². The normalized spacial score (nSPS) is 10.6. The molecule has 0 unspecified atom stereocenters. The largest absolute Gasteiger partial charge is 0.367 e. The summed E-state index contributed by atoms with van der Waals surface area (Å²) in [4.78, 5) is 21.6. The van der Waals surface area contributed by atoms with E-state index >= 15 is 0 Å². The minimum absolute atomic E-state index is 0.140. The van der Waals surface area contributed by atoms with E-state index in [1.165, 1.54) is 17.5 Å². The lowest BCUT2D eigenvalue weighted by molar-refractivity contribution is 0.0958. The van der Waals surface area contributed by atoms with Gasteiger partial charge in [0.05, 0.1) is 15.7 Å². The minimum Gasteiger partial charge on any atom is -0.367 e. The molecule has 0 atom stereocenters. The van der Waals surface area contributed by atoms with Gasteiger partial charge in [0.2, 0.25) is 0 Å². The number of aromatic nitrogens is 2. The predicted molar refractivity (Wildman–Crippen MR) is 107 cm³/mol. The summed E-state index contributed by atoms with van der Waals surface area (Å²) in [5, 5.41) is 7.69. The topological polar surface area (TPSA) is 66.9 Å². The summed E-state index contributed by atoms with van der Waals surface area (Å²) in [6.07, 6.45) is 1.51. The van der Waals surface area contributed by atoms with Gasteiger partial charge in [-0.2, -0.15) is 0 Å². The highest BCUT2D eigenvalue weighted by atomic mass is 35.5. The van der Waals surface area contributed by atoms with Crippen LogP contribution in [0.15, 0.2) is 42.6 Å². The number of nitrogens with zero attached hydrogens (tertiary/aromatic N) is 2. The minimum atomic E-state index is -0.140. The van der Waals surface area contributed by atoms with Crippen LogP contribution in [0, 0.1) is 6.92 Å². The lowest BCUT2D eigenvalue weighted by atomic mass is 10.2. The van der Waals surface area contributed by atoms with Gasteiger partial charge in [0.15, 0.2) is 0 Å². The number of hydrogen-bond donors (Lipinski definition) is 2. The van der Waals surface area contributed by atoms with Crippen LogP contribution in [0.4, 0.5) is 5.82 Å². The first kappa shape index (κ1) is 18.6. The number of nitrogens with one attached hydrogen (secondary N) is 2. The molecule has 1 amide bonds. The summed E-state index contributed by atoms with van der Waals surface area (Å²) in [7, 11) is 0. The second-order valence-corrected chi connectivity index (χ2v) is 7.31. The quantitative estimate of drug-likeness (QED) is 0.584. The van der Waals surface area contributed by atoms with E-state index in [1.54, 1.807) is 6.07 Å². The summed E-state index contributed by atoms with van der Waals surface area (Å²) in [6.45, 7) is 2.76. The summed E-state index contributed by atoms with van der Waals surface area (Å²) in [5.74, 6) is 0.393. The van der Waals surface area contributed by atoms with E-state index < -0.39 is 0 Å². The highest BCUT2D eigenvalue weighted by molar-refractivity contribution is 7.17. The molecule has 0 radical (unpaired) electrons. The number of rotatable bonds is 6. The third kappa shape index (κ3) is 4.52. The second kappa shape index (κ2) is 8.49. The number of hydrogen-bond acceptors (Lipinski definition) is 5. The first-order valence-corrected chi connectivity index (χ1v) is 9.48. The van der Waals surface area contributed by atoms with Crippen molar-refractivity contribution < 1.29 is 4.79 Å². The average Bonchev–Trinajstić information content (AvgIpc) is 3.03. The van der Waals surface area contributed by atoms with Crippen molar-refractivity contribution in [3.8, 4) is 10.6 Å². The number of carbonyl (C=O) groups excluding carboxylic acids is 1. The Kier molecular flexibility index (Phi) is 6.08. The Morgan fingerprint density at radius 1 is 1.19 bits per heavy atom. The van der Waals surface area contributed by atoms with Crippen LogP contribution in [0.5, 0.6) is 0 Å². The van der Waals surface area contributed by atoms with Gasteiger partial charge in [0.25, 0.3) is 5.91 Å². The first-order valence-electron chi connectivity index (χ1n) is 7.90. The number of benzene rings is 1. The molecule has 3 aromatic rings. The summed E-state index contributed by atoms with van der Waals surface area (Å²) in [6, 6.07) is 11.4. The highest BCUT2D eigenvalue weighted by Crippen LogP contribution is 2.27. The number of pyridine rings is 1. The third-order valence-electron chi connectivity index (χ3n) is 3.53. The van der Waals surface area contributed by atoms with Crippen molar-refractivity contribution in [1.29, 1.82) is 0 Å². The molecule has 0 spiro atoms. The van der Waals surface area contributed by atoms with E-state index in [9.17, 15) is 4.79 Å². The van der Waals surface area contributed by atoms with E-state index in [-0.39, 0.29) is 5.91 Å². The van der Waals surface area contributed by atoms with Crippen LogP contribution in [0.1, 0.15) is 15.4 Å². The predicted octanol–water partition coefficient (Wildman–Crippen LogP) is 4.66. The zero-order valence-corrected chi connectivity index (χ0v) is 16.3. The van der Waals surface area contributed by atoms with Gasteiger partial charge in [-0.15, -0.1) is 11.3 Å². The van der Waals surface area contributed by atoms with Crippen molar-refractivity contribution in [3.05, 3.63) is 63.2 Å². The first-order chi connectivity index (χ1) is 12.5. The molecule has 1 aromatic carbocycles. The zero-order valence-electron chi connectivity index (χ0n) is 13.9. The molecular formula is C18H16Cl2N4OS. The molecule has 0 saturated carbocycles. The number of anilines is 1. The van der Waals surface area contributed by atoms with E-state index in [0.717, 1.165) is 16.3 Å². The molecule has 0 aliphatic rings. The van der Waals surface area contributed by atoms with Crippen molar-refractivity contribution in [2.24, 2.45) is 0 Å². The fourth-order valence-electron chi connectivity index (χ4n) is 2.29. The Bertz CT molecular complexity index is 915. The van der Waals surface area contributed by atoms with Crippen LogP contribution in [-0.4, -0.2) is 29.0 Å². The molecule has 0 saturated heterocycles. The maximum Gasteiger partial charge on any atom is 0.263 e. The van der Waals surface area contributed by atoms with E-state index in [4.69, 9.17) is 23.2 Å². The molecule has 8 heteroatoms. The molecule has 26 heavy (non-hydrogen) atoms. The van der Waals surface area contributed by atoms with Crippen LogP contribution in [0.25, 0.3) is 10.6 Å². The Morgan fingerprint density at radius 3 is 2.69 bits per heavy atom. The van der Waals surface area contributed by atoms with Gasteiger partial charge in [-0.3, -0.25) is 4.79 Å². The summed E-state index contributed by atoms with van der Waals surface area (Å²) >= 11 is 13.2. The van der Waals surface area contributed by atoms with Gasteiger partial charge < -0.3 is 10.6 Å². The molecule has 0 aliphatic heterocycles. The Hall–Kier alpha value is -2.15. The highest BCUT2D eigenvalue weighted by Gasteiger charge is 2.15. The van der Waals surface area contributed by atoms with Gasteiger partial charge in [-0.05, 0) is 13.0 Å². The van der Waals surface area contributed by atoms with Gasteiger partial charge in [-0.25, -0.2) is 9.97 Å². The molecule has 134 valence electrons. The maximum absolute atomic E-state index is 12.4. The molecule has 2 N–H and O–H groups in total. The standard InChI is InChI=1S/C18H16Cl2N4OS/c1-11-15(26-18(24-11)12-5-3-2-4-6-12)17(25)22-8-7-21-16-14(20)9-13(19)10-23-16/h2-6,9-10H,7-8H2,1H3,(H,21,23)(H,22,25). The molecular weight excluding hydrogens is 391 g/mol. The third-order valence-corrected chi connectivity index (χ3v) is 5.23. The SMILES string of the molecule is Cc1nc(-c2ccccc2)sc1C(=O)NCCNc1ncc(Cl)cc1Cl. The van der Waals surface area contributed by atoms with E-state index in [1.807, 2.05) is 37.3 Å². The van der Waals surface area contributed by atoms with Crippen LogP contribution < -0.4 is 10.6 Å². The fraction of sp³-hybridized carbons (Fsp3) is 0.167. The monoisotopic (exact) mass is 406 g/mol. The lowest BCUT2D eigenvalue weighted by Crippen LogP contribution is -2.28. The number of halogens is 2. The maximum atomic E-state index is 12.4. The van der Waals surface area contributed by atoms with E-state index in [0.29, 0.717) is 33.8 Å². The van der Waals surface area contributed by atoms with Crippen molar-refractivity contribution in [2.45, 2.75) is 6.92 Å². The Labute approximate surface area is 165 Å². The number of amides is 1. The Morgan fingerprint density at radius 2 is 1.96 bits per heavy atom.